The minimum atomic E-state index is -1.39. The number of hydrogen-bond donors (Lipinski definition) is 0. The lowest BCUT2D eigenvalue weighted by Gasteiger charge is -2.28. The van der Waals surface area contributed by atoms with Gasteiger partial charge in [0.2, 0.25) is 0 Å². The maximum atomic E-state index is 13.8. The largest absolute Gasteiger partial charge is 0.204 e. The Kier molecular flexibility index (Phi) is 4.42. The van der Waals surface area contributed by atoms with Crippen LogP contribution in [0.1, 0.15) is 56.9 Å². The van der Waals surface area contributed by atoms with Gasteiger partial charge < -0.3 is 0 Å². The highest BCUT2D eigenvalue weighted by molar-refractivity contribution is 5.84. The number of fused-ring (bicyclic) bond motifs is 1. The third-order valence-corrected chi connectivity index (χ3v) is 5.01. The zero-order chi connectivity index (χ0) is 15.7. The molecule has 1 aliphatic carbocycles. The van der Waals surface area contributed by atoms with E-state index in [4.69, 9.17) is 0 Å². The van der Waals surface area contributed by atoms with Crippen molar-refractivity contribution in [3.05, 3.63) is 47.3 Å². The maximum absolute atomic E-state index is 13.8. The number of rotatable bonds is 3. The van der Waals surface area contributed by atoms with E-state index < -0.39 is 17.5 Å². The Morgan fingerprint density at radius 2 is 1.68 bits per heavy atom. The summed E-state index contributed by atoms with van der Waals surface area (Å²) < 4.78 is 40.4. The van der Waals surface area contributed by atoms with Crippen LogP contribution in [0.2, 0.25) is 0 Å². The van der Waals surface area contributed by atoms with Gasteiger partial charge in [-0.25, -0.2) is 13.2 Å². The first kappa shape index (κ1) is 15.4. The molecule has 118 valence electrons. The summed E-state index contributed by atoms with van der Waals surface area (Å²) in [5.74, 6) is -2.32. The van der Waals surface area contributed by atoms with Gasteiger partial charge in [-0.2, -0.15) is 0 Å². The van der Waals surface area contributed by atoms with Crippen LogP contribution in [0.5, 0.6) is 0 Å². The van der Waals surface area contributed by atoms with Gasteiger partial charge in [0, 0.05) is 5.39 Å². The fraction of sp³-hybridized carbons (Fsp3) is 0.474. The summed E-state index contributed by atoms with van der Waals surface area (Å²) in [5, 5.41) is 0.604. The summed E-state index contributed by atoms with van der Waals surface area (Å²) in [6.45, 7) is 2.22. The molecule has 1 aliphatic rings. The number of hydrogen-bond acceptors (Lipinski definition) is 0. The van der Waals surface area contributed by atoms with E-state index in [-0.39, 0.29) is 5.39 Å². The van der Waals surface area contributed by atoms with Crippen molar-refractivity contribution in [2.75, 3.05) is 0 Å². The lowest BCUT2D eigenvalue weighted by molar-refractivity contribution is 0.308. The molecule has 0 nitrogen and oxygen atoms in total. The first-order chi connectivity index (χ1) is 10.6. The van der Waals surface area contributed by atoms with Gasteiger partial charge in [0.25, 0.3) is 0 Å². The first-order valence-electron chi connectivity index (χ1n) is 8.17. The second kappa shape index (κ2) is 6.31. The van der Waals surface area contributed by atoms with Crippen LogP contribution in [0.3, 0.4) is 0 Å². The standard InChI is InChI=1S/C19H21F3/c1-2-3-12-4-6-13(7-5-12)14-8-9-16-15(10-14)11-17(20)19(22)18(16)21/h8-13H,2-7H2,1H3. The summed E-state index contributed by atoms with van der Waals surface area (Å²) in [5.41, 5.74) is 1.12. The fourth-order valence-electron chi connectivity index (χ4n) is 3.77. The van der Waals surface area contributed by atoms with E-state index in [2.05, 4.69) is 6.92 Å². The van der Waals surface area contributed by atoms with E-state index in [1.54, 1.807) is 6.07 Å². The Hall–Kier alpha value is -1.51. The van der Waals surface area contributed by atoms with Gasteiger partial charge in [-0.3, -0.25) is 0 Å². The highest BCUT2D eigenvalue weighted by atomic mass is 19.2. The van der Waals surface area contributed by atoms with Crippen molar-refractivity contribution in [2.24, 2.45) is 5.92 Å². The molecule has 1 saturated carbocycles. The molecule has 0 aliphatic heterocycles. The van der Waals surface area contributed by atoms with Gasteiger partial charge in [-0.1, -0.05) is 38.0 Å². The molecule has 0 amide bonds. The Balaban J connectivity index is 1.85. The Morgan fingerprint density at radius 3 is 2.36 bits per heavy atom. The van der Waals surface area contributed by atoms with Crippen LogP contribution in [0.25, 0.3) is 10.8 Å². The molecule has 0 unspecified atom stereocenters. The van der Waals surface area contributed by atoms with E-state index in [0.717, 1.165) is 30.4 Å². The summed E-state index contributed by atoms with van der Waals surface area (Å²) in [6, 6.07) is 6.37. The molecule has 2 aromatic carbocycles. The molecule has 0 N–H and O–H groups in total. The molecular weight excluding hydrogens is 285 g/mol. The number of halogens is 3. The first-order valence-corrected chi connectivity index (χ1v) is 8.17. The third kappa shape index (κ3) is 2.86. The highest BCUT2D eigenvalue weighted by Gasteiger charge is 2.22. The van der Waals surface area contributed by atoms with Crippen LogP contribution in [-0.4, -0.2) is 0 Å². The molecule has 0 spiro atoms. The van der Waals surface area contributed by atoms with Crippen LogP contribution >= 0.6 is 0 Å². The zero-order valence-corrected chi connectivity index (χ0v) is 12.8. The van der Waals surface area contributed by atoms with Crippen molar-refractivity contribution in [3.8, 4) is 0 Å². The maximum Gasteiger partial charge on any atom is 0.195 e. The van der Waals surface area contributed by atoms with Gasteiger partial charge in [-0.15, -0.1) is 0 Å². The molecule has 2 aromatic rings. The predicted octanol–water partition coefficient (Wildman–Crippen LogP) is 6.33. The van der Waals surface area contributed by atoms with E-state index in [9.17, 15) is 13.2 Å². The lowest BCUT2D eigenvalue weighted by Crippen LogP contribution is -2.13. The van der Waals surface area contributed by atoms with Crippen molar-refractivity contribution >= 4 is 10.8 Å². The molecule has 0 atom stereocenters. The summed E-state index contributed by atoms with van der Waals surface area (Å²) in [7, 11) is 0. The minimum absolute atomic E-state index is 0.155. The van der Waals surface area contributed by atoms with Gasteiger partial charge in [0.15, 0.2) is 17.5 Å². The van der Waals surface area contributed by atoms with Crippen molar-refractivity contribution in [1.82, 2.24) is 0 Å². The Morgan fingerprint density at radius 1 is 0.955 bits per heavy atom. The van der Waals surface area contributed by atoms with Crippen LogP contribution in [0.15, 0.2) is 24.3 Å². The molecule has 22 heavy (non-hydrogen) atoms. The Labute approximate surface area is 129 Å². The average Bonchev–Trinajstić information content (AvgIpc) is 2.53. The van der Waals surface area contributed by atoms with E-state index in [0.29, 0.717) is 11.3 Å². The molecule has 0 aromatic heterocycles. The van der Waals surface area contributed by atoms with Gasteiger partial charge in [0.1, 0.15) is 0 Å². The van der Waals surface area contributed by atoms with Crippen molar-refractivity contribution in [1.29, 1.82) is 0 Å². The van der Waals surface area contributed by atoms with Gasteiger partial charge in [0.05, 0.1) is 0 Å². The van der Waals surface area contributed by atoms with E-state index in [1.807, 2.05) is 12.1 Å². The van der Waals surface area contributed by atoms with Crippen molar-refractivity contribution < 1.29 is 13.2 Å². The summed E-state index contributed by atoms with van der Waals surface area (Å²) in [4.78, 5) is 0. The van der Waals surface area contributed by atoms with E-state index in [1.165, 1.54) is 25.7 Å². The zero-order valence-electron chi connectivity index (χ0n) is 12.8. The predicted molar refractivity (Wildman–Crippen MR) is 83.4 cm³/mol. The molecule has 0 heterocycles. The monoisotopic (exact) mass is 306 g/mol. The van der Waals surface area contributed by atoms with Crippen molar-refractivity contribution in [3.63, 3.8) is 0 Å². The van der Waals surface area contributed by atoms with Gasteiger partial charge in [-0.05, 0) is 54.5 Å². The fourth-order valence-corrected chi connectivity index (χ4v) is 3.77. The smallest absolute Gasteiger partial charge is 0.195 e. The molecule has 0 radical (unpaired) electrons. The Bertz CT molecular complexity index is 670. The normalized spacial score (nSPS) is 22.2. The average molecular weight is 306 g/mol. The number of benzene rings is 2. The second-order valence-electron chi connectivity index (χ2n) is 6.47. The van der Waals surface area contributed by atoms with Crippen LogP contribution in [0.4, 0.5) is 13.2 Å². The SMILES string of the molecule is CCCC1CCC(c2ccc3c(F)c(F)c(F)cc3c2)CC1. The van der Waals surface area contributed by atoms with Crippen LogP contribution in [-0.2, 0) is 0 Å². The molecule has 3 rings (SSSR count). The molecule has 1 fully saturated rings. The molecular formula is C19H21F3. The minimum Gasteiger partial charge on any atom is -0.204 e. The topological polar surface area (TPSA) is 0 Å². The summed E-state index contributed by atoms with van der Waals surface area (Å²) >= 11 is 0. The van der Waals surface area contributed by atoms with Crippen molar-refractivity contribution in [2.45, 2.75) is 51.4 Å². The molecule has 0 bridgehead atoms. The third-order valence-electron chi connectivity index (χ3n) is 5.01. The quantitative estimate of drug-likeness (QED) is 0.581. The van der Waals surface area contributed by atoms with Crippen LogP contribution in [0, 0.1) is 23.4 Å². The highest BCUT2D eigenvalue weighted by Crippen LogP contribution is 2.38. The molecule has 0 saturated heterocycles. The van der Waals surface area contributed by atoms with Gasteiger partial charge >= 0.3 is 0 Å². The lowest BCUT2D eigenvalue weighted by atomic mass is 9.77. The second-order valence-corrected chi connectivity index (χ2v) is 6.47. The van der Waals surface area contributed by atoms with E-state index >= 15 is 0 Å². The molecule has 3 heteroatoms. The summed E-state index contributed by atoms with van der Waals surface area (Å²) in [6.07, 6.45) is 7.23. The van der Waals surface area contributed by atoms with Crippen LogP contribution < -0.4 is 0 Å².